The van der Waals surface area contributed by atoms with Crippen LogP contribution in [0.1, 0.15) is 11.1 Å². The quantitative estimate of drug-likeness (QED) is 0.526. The van der Waals surface area contributed by atoms with Crippen LogP contribution in [0.4, 0.5) is 16.5 Å². The number of rotatable bonds is 7. The number of hydrogen-bond acceptors (Lipinski definition) is 8. The normalized spacial score (nSPS) is 11.3. The van der Waals surface area contributed by atoms with Crippen LogP contribution in [0.5, 0.6) is 0 Å². The number of aromatic nitrogens is 2. The predicted molar refractivity (Wildman–Crippen MR) is 118 cm³/mol. The molecule has 1 amide bonds. The highest BCUT2D eigenvalue weighted by Gasteiger charge is 2.15. The fourth-order valence-electron chi connectivity index (χ4n) is 2.53. The van der Waals surface area contributed by atoms with Crippen molar-refractivity contribution in [2.75, 3.05) is 22.6 Å². The first-order valence-corrected chi connectivity index (χ1v) is 12.3. The van der Waals surface area contributed by atoms with E-state index in [0.29, 0.717) is 9.47 Å². The lowest BCUT2D eigenvalue weighted by molar-refractivity contribution is -0.113. The van der Waals surface area contributed by atoms with E-state index in [0.717, 1.165) is 17.5 Å². The van der Waals surface area contributed by atoms with Crippen molar-refractivity contribution in [3.8, 4) is 0 Å². The van der Waals surface area contributed by atoms with Gasteiger partial charge in [-0.3, -0.25) is 4.79 Å². The SMILES string of the molecule is Cc1cccc(Nc2nnc(SCC(=O)Nc3ccccc3S(C)(=O)=O)s2)c1C. The first-order valence-electron chi connectivity index (χ1n) is 8.62. The number of carbonyl (C=O) groups is 1. The Morgan fingerprint density at radius 2 is 1.79 bits per heavy atom. The van der Waals surface area contributed by atoms with Crippen LogP contribution < -0.4 is 10.6 Å². The molecule has 1 aromatic heterocycles. The highest BCUT2D eigenvalue weighted by molar-refractivity contribution is 8.01. The highest BCUT2D eigenvalue weighted by Crippen LogP contribution is 2.29. The van der Waals surface area contributed by atoms with Gasteiger partial charge in [0.1, 0.15) is 0 Å². The zero-order valence-electron chi connectivity index (χ0n) is 16.1. The summed E-state index contributed by atoms with van der Waals surface area (Å²) in [5.41, 5.74) is 3.56. The minimum Gasteiger partial charge on any atom is -0.330 e. The number of thioether (sulfide) groups is 1. The van der Waals surface area contributed by atoms with Crippen LogP contribution in [-0.2, 0) is 14.6 Å². The molecular formula is C19H20N4O3S3. The maximum Gasteiger partial charge on any atom is 0.234 e. The molecule has 3 rings (SSSR count). The van der Waals surface area contributed by atoms with Crippen LogP contribution in [0.25, 0.3) is 0 Å². The van der Waals surface area contributed by atoms with Gasteiger partial charge in [-0.1, -0.05) is 47.4 Å². The molecule has 0 radical (unpaired) electrons. The molecule has 0 spiro atoms. The van der Waals surface area contributed by atoms with Crippen molar-refractivity contribution < 1.29 is 13.2 Å². The molecule has 0 aliphatic heterocycles. The van der Waals surface area contributed by atoms with E-state index in [2.05, 4.69) is 20.8 Å². The summed E-state index contributed by atoms with van der Waals surface area (Å²) in [6, 6.07) is 12.3. The summed E-state index contributed by atoms with van der Waals surface area (Å²) < 4.78 is 24.3. The standard InChI is InChI=1S/C19H20N4O3S3/c1-12-7-6-9-14(13(12)2)21-18-22-23-19(28-18)27-11-17(24)20-15-8-4-5-10-16(15)29(3,25)26/h4-10H,11H2,1-3H3,(H,20,24)(H,21,22). The van der Waals surface area contributed by atoms with Gasteiger partial charge in [-0.05, 0) is 43.2 Å². The molecule has 0 aliphatic carbocycles. The van der Waals surface area contributed by atoms with Gasteiger partial charge < -0.3 is 10.6 Å². The highest BCUT2D eigenvalue weighted by atomic mass is 32.2. The number of sulfone groups is 1. The van der Waals surface area contributed by atoms with Gasteiger partial charge in [-0.2, -0.15) is 0 Å². The second-order valence-corrected chi connectivity index (χ2v) is 10.5. The molecule has 0 unspecified atom stereocenters. The summed E-state index contributed by atoms with van der Waals surface area (Å²) in [4.78, 5) is 12.4. The number of nitrogens with one attached hydrogen (secondary N) is 2. The number of nitrogens with zero attached hydrogens (tertiary/aromatic N) is 2. The summed E-state index contributed by atoms with van der Waals surface area (Å²) in [5, 5.41) is 14.8. The van der Waals surface area contributed by atoms with Gasteiger partial charge in [0.15, 0.2) is 14.2 Å². The van der Waals surface area contributed by atoms with E-state index in [-0.39, 0.29) is 22.2 Å². The second kappa shape index (κ2) is 8.93. The smallest absolute Gasteiger partial charge is 0.234 e. The summed E-state index contributed by atoms with van der Waals surface area (Å²) in [6.45, 7) is 4.08. The molecule has 0 fully saturated rings. The van der Waals surface area contributed by atoms with Crippen molar-refractivity contribution in [2.24, 2.45) is 0 Å². The average molecular weight is 449 g/mol. The Morgan fingerprint density at radius 3 is 2.55 bits per heavy atom. The maximum absolute atomic E-state index is 12.3. The van der Waals surface area contributed by atoms with Crippen molar-refractivity contribution in [3.05, 3.63) is 53.6 Å². The number of aryl methyl sites for hydroxylation is 1. The lowest BCUT2D eigenvalue weighted by Crippen LogP contribution is -2.16. The van der Waals surface area contributed by atoms with Gasteiger partial charge in [0.05, 0.1) is 16.3 Å². The van der Waals surface area contributed by atoms with Gasteiger partial charge in [0.2, 0.25) is 11.0 Å². The fraction of sp³-hybridized carbons (Fsp3) is 0.211. The molecule has 0 saturated carbocycles. The van der Waals surface area contributed by atoms with Crippen LogP contribution in [0.3, 0.4) is 0 Å². The van der Waals surface area contributed by atoms with E-state index >= 15 is 0 Å². The van der Waals surface area contributed by atoms with E-state index < -0.39 is 9.84 Å². The van der Waals surface area contributed by atoms with E-state index in [1.54, 1.807) is 18.2 Å². The predicted octanol–water partition coefficient (Wildman–Crippen LogP) is 4.03. The molecule has 29 heavy (non-hydrogen) atoms. The number of hydrogen-bond donors (Lipinski definition) is 2. The maximum atomic E-state index is 12.3. The Hall–Kier alpha value is -2.43. The molecule has 0 saturated heterocycles. The van der Waals surface area contributed by atoms with Gasteiger partial charge in [-0.15, -0.1) is 10.2 Å². The average Bonchev–Trinajstić information content (AvgIpc) is 3.11. The minimum atomic E-state index is -3.43. The van der Waals surface area contributed by atoms with E-state index in [1.165, 1.54) is 34.7 Å². The number of amides is 1. The van der Waals surface area contributed by atoms with Crippen LogP contribution in [0, 0.1) is 13.8 Å². The van der Waals surface area contributed by atoms with Crippen molar-refractivity contribution >= 4 is 55.3 Å². The largest absolute Gasteiger partial charge is 0.330 e. The zero-order valence-corrected chi connectivity index (χ0v) is 18.5. The van der Waals surface area contributed by atoms with Crippen LogP contribution in [0.2, 0.25) is 0 Å². The lowest BCUT2D eigenvalue weighted by Gasteiger charge is -2.09. The number of carbonyl (C=O) groups excluding carboxylic acids is 1. The van der Waals surface area contributed by atoms with Crippen LogP contribution in [0.15, 0.2) is 51.7 Å². The third kappa shape index (κ3) is 5.55. The number of anilines is 3. The van der Waals surface area contributed by atoms with Gasteiger partial charge in [-0.25, -0.2) is 8.42 Å². The molecule has 152 valence electrons. The monoisotopic (exact) mass is 448 g/mol. The fourth-order valence-corrected chi connectivity index (χ4v) is 4.94. The first-order chi connectivity index (χ1) is 13.7. The molecule has 0 bridgehead atoms. The van der Waals surface area contributed by atoms with Crippen LogP contribution >= 0.6 is 23.1 Å². The van der Waals surface area contributed by atoms with Crippen molar-refractivity contribution in [1.82, 2.24) is 10.2 Å². The van der Waals surface area contributed by atoms with Crippen LogP contribution in [-0.4, -0.2) is 36.5 Å². The molecule has 0 aliphatic rings. The van der Waals surface area contributed by atoms with Crippen molar-refractivity contribution in [1.29, 1.82) is 0 Å². The van der Waals surface area contributed by atoms with Crippen molar-refractivity contribution in [2.45, 2.75) is 23.1 Å². The Balaban J connectivity index is 1.60. The Bertz CT molecular complexity index is 1140. The number of benzene rings is 2. The summed E-state index contributed by atoms with van der Waals surface area (Å²) in [7, 11) is -3.43. The molecule has 2 N–H and O–H groups in total. The Labute approximate surface area is 177 Å². The third-order valence-electron chi connectivity index (χ3n) is 4.14. The van der Waals surface area contributed by atoms with Gasteiger partial charge >= 0.3 is 0 Å². The summed E-state index contributed by atoms with van der Waals surface area (Å²) in [5.74, 6) is -0.221. The molecule has 0 atom stereocenters. The zero-order chi connectivity index (χ0) is 21.0. The van der Waals surface area contributed by atoms with Gasteiger partial charge in [0, 0.05) is 11.9 Å². The second-order valence-electron chi connectivity index (χ2n) is 6.35. The van der Waals surface area contributed by atoms with Crippen molar-refractivity contribution in [3.63, 3.8) is 0 Å². The van der Waals surface area contributed by atoms with E-state index in [9.17, 15) is 13.2 Å². The topological polar surface area (TPSA) is 101 Å². The van der Waals surface area contributed by atoms with Gasteiger partial charge in [0.25, 0.3) is 0 Å². The molecule has 2 aromatic carbocycles. The van der Waals surface area contributed by atoms with E-state index in [1.807, 2.05) is 32.0 Å². The lowest BCUT2D eigenvalue weighted by atomic mass is 10.1. The minimum absolute atomic E-state index is 0.0919. The molecule has 3 aromatic rings. The molecule has 1 heterocycles. The molecule has 10 heteroatoms. The molecular weight excluding hydrogens is 428 g/mol. The number of para-hydroxylation sites is 1. The summed E-state index contributed by atoms with van der Waals surface area (Å²) in [6.07, 6.45) is 1.11. The third-order valence-corrected chi connectivity index (χ3v) is 7.27. The Kier molecular flexibility index (Phi) is 6.56. The Morgan fingerprint density at radius 1 is 1.07 bits per heavy atom. The first kappa shape index (κ1) is 21.3. The summed E-state index contributed by atoms with van der Waals surface area (Å²) >= 11 is 2.60. The van der Waals surface area contributed by atoms with E-state index in [4.69, 9.17) is 0 Å². The molecule has 7 nitrogen and oxygen atoms in total.